The van der Waals surface area contributed by atoms with Crippen LogP contribution < -0.4 is 5.32 Å². The largest absolute Gasteiger partial charge is 0.472 e. The number of ether oxygens (including phenoxy) is 1. The van der Waals surface area contributed by atoms with Crippen LogP contribution in [-0.2, 0) is 11.2 Å². The lowest BCUT2D eigenvalue weighted by Gasteiger charge is -2.29. The fourth-order valence-electron chi connectivity index (χ4n) is 2.01. The van der Waals surface area contributed by atoms with E-state index in [-0.39, 0.29) is 6.10 Å². The summed E-state index contributed by atoms with van der Waals surface area (Å²) in [5.74, 6) is 0.504. The standard InChI is InChI=1S/C13H23NO2/c1-5-16-13(10(2)3)12(14-4)8-11-6-7-15-9-11/h6-7,9-10,12-14H,5,8H2,1-4H3. The Kier molecular flexibility index (Phi) is 5.56. The van der Waals surface area contributed by atoms with Crippen LogP contribution in [0, 0.1) is 5.92 Å². The van der Waals surface area contributed by atoms with Crippen LogP contribution in [0.15, 0.2) is 23.0 Å². The van der Waals surface area contributed by atoms with Gasteiger partial charge in [-0.05, 0) is 37.9 Å². The van der Waals surface area contributed by atoms with Crippen molar-refractivity contribution in [3.63, 3.8) is 0 Å². The van der Waals surface area contributed by atoms with Crippen molar-refractivity contribution in [1.29, 1.82) is 0 Å². The van der Waals surface area contributed by atoms with Gasteiger partial charge < -0.3 is 14.5 Å². The Morgan fingerprint density at radius 3 is 2.62 bits per heavy atom. The van der Waals surface area contributed by atoms with Gasteiger partial charge in [0.05, 0.1) is 18.6 Å². The summed E-state index contributed by atoms with van der Waals surface area (Å²) in [5, 5.41) is 3.34. The normalized spacial score (nSPS) is 15.3. The molecule has 1 N–H and O–H groups in total. The predicted molar refractivity (Wildman–Crippen MR) is 65.5 cm³/mol. The Morgan fingerprint density at radius 2 is 2.19 bits per heavy atom. The van der Waals surface area contributed by atoms with Crippen molar-refractivity contribution in [3.8, 4) is 0 Å². The minimum Gasteiger partial charge on any atom is -0.472 e. The van der Waals surface area contributed by atoms with Gasteiger partial charge in [0.15, 0.2) is 0 Å². The van der Waals surface area contributed by atoms with E-state index in [0.717, 1.165) is 13.0 Å². The topological polar surface area (TPSA) is 34.4 Å². The van der Waals surface area contributed by atoms with Gasteiger partial charge in [0, 0.05) is 12.6 Å². The fraction of sp³-hybridized carbons (Fsp3) is 0.692. The quantitative estimate of drug-likeness (QED) is 0.774. The smallest absolute Gasteiger partial charge is 0.0935 e. The highest BCUT2D eigenvalue weighted by atomic mass is 16.5. The summed E-state index contributed by atoms with van der Waals surface area (Å²) in [7, 11) is 1.99. The number of nitrogens with one attached hydrogen (secondary N) is 1. The maximum absolute atomic E-state index is 5.81. The van der Waals surface area contributed by atoms with Crippen LogP contribution in [0.25, 0.3) is 0 Å². The van der Waals surface area contributed by atoms with Gasteiger partial charge in [-0.25, -0.2) is 0 Å². The molecule has 0 saturated carbocycles. The lowest BCUT2D eigenvalue weighted by Crippen LogP contribution is -2.44. The van der Waals surface area contributed by atoms with Crippen molar-refractivity contribution in [2.45, 2.75) is 39.3 Å². The van der Waals surface area contributed by atoms with Crippen molar-refractivity contribution in [2.24, 2.45) is 5.92 Å². The first-order valence-electron chi connectivity index (χ1n) is 5.99. The molecule has 0 amide bonds. The average Bonchev–Trinajstić information content (AvgIpc) is 2.75. The molecule has 1 aromatic rings. The summed E-state index contributed by atoms with van der Waals surface area (Å²) in [6, 6.07) is 2.34. The molecule has 1 rings (SSSR count). The zero-order valence-electron chi connectivity index (χ0n) is 10.7. The molecule has 0 bridgehead atoms. The van der Waals surface area contributed by atoms with E-state index in [1.807, 2.05) is 20.0 Å². The minimum atomic E-state index is 0.241. The molecule has 0 aliphatic heterocycles. The number of hydrogen-bond acceptors (Lipinski definition) is 3. The molecule has 3 heteroatoms. The molecule has 0 aliphatic carbocycles. The van der Waals surface area contributed by atoms with E-state index < -0.39 is 0 Å². The first kappa shape index (κ1) is 13.3. The Labute approximate surface area is 98.2 Å². The van der Waals surface area contributed by atoms with Crippen LogP contribution in [0.2, 0.25) is 0 Å². The van der Waals surface area contributed by atoms with E-state index in [9.17, 15) is 0 Å². The van der Waals surface area contributed by atoms with Crippen LogP contribution in [0.5, 0.6) is 0 Å². The number of hydrogen-bond donors (Lipinski definition) is 1. The van der Waals surface area contributed by atoms with Crippen molar-refractivity contribution in [3.05, 3.63) is 24.2 Å². The average molecular weight is 225 g/mol. The first-order valence-corrected chi connectivity index (χ1v) is 5.99. The summed E-state index contributed by atoms with van der Waals surface area (Å²) in [5.41, 5.74) is 1.21. The Balaban J connectivity index is 2.63. The van der Waals surface area contributed by atoms with Gasteiger partial charge in [0.2, 0.25) is 0 Å². The van der Waals surface area contributed by atoms with Crippen LogP contribution in [-0.4, -0.2) is 25.8 Å². The number of furan rings is 1. The van der Waals surface area contributed by atoms with Gasteiger partial charge in [-0.1, -0.05) is 13.8 Å². The van der Waals surface area contributed by atoms with Crippen LogP contribution in [0.3, 0.4) is 0 Å². The van der Waals surface area contributed by atoms with Gasteiger partial charge >= 0.3 is 0 Å². The molecule has 0 saturated heterocycles. The van der Waals surface area contributed by atoms with Crippen molar-refractivity contribution < 1.29 is 9.15 Å². The molecular weight excluding hydrogens is 202 g/mol. The molecule has 0 radical (unpaired) electrons. The predicted octanol–water partition coefficient (Wildman–Crippen LogP) is 2.47. The Morgan fingerprint density at radius 1 is 1.44 bits per heavy atom. The minimum absolute atomic E-state index is 0.241. The molecule has 16 heavy (non-hydrogen) atoms. The summed E-state index contributed by atoms with van der Waals surface area (Å²) in [6.07, 6.45) is 4.70. The summed E-state index contributed by atoms with van der Waals surface area (Å²) >= 11 is 0. The van der Waals surface area contributed by atoms with Crippen molar-refractivity contribution in [2.75, 3.05) is 13.7 Å². The fourth-order valence-corrected chi connectivity index (χ4v) is 2.01. The van der Waals surface area contributed by atoms with Gasteiger partial charge in [0.1, 0.15) is 0 Å². The zero-order valence-corrected chi connectivity index (χ0v) is 10.7. The Bertz CT molecular complexity index is 269. The second kappa shape index (κ2) is 6.71. The number of likely N-dealkylation sites (N-methyl/N-ethyl adjacent to an activating group) is 1. The van der Waals surface area contributed by atoms with E-state index in [0.29, 0.717) is 12.0 Å². The van der Waals surface area contributed by atoms with E-state index in [4.69, 9.17) is 9.15 Å². The first-order chi connectivity index (χ1) is 7.69. The van der Waals surface area contributed by atoms with Gasteiger partial charge in [0.25, 0.3) is 0 Å². The molecule has 2 unspecified atom stereocenters. The molecule has 0 aromatic carbocycles. The summed E-state index contributed by atoms with van der Waals surface area (Å²) in [6.45, 7) is 7.19. The van der Waals surface area contributed by atoms with Crippen molar-refractivity contribution in [1.82, 2.24) is 5.32 Å². The number of rotatable bonds is 7. The molecule has 0 fully saturated rings. The van der Waals surface area contributed by atoms with Gasteiger partial charge in [-0.2, -0.15) is 0 Å². The highest BCUT2D eigenvalue weighted by molar-refractivity contribution is 5.08. The van der Waals surface area contributed by atoms with Crippen LogP contribution in [0.1, 0.15) is 26.3 Å². The van der Waals surface area contributed by atoms with E-state index in [1.165, 1.54) is 5.56 Å². The van der Waals surface area contributed by atoms with Gasteiger partial charge in [-0.3, -0.25) is 0 Å². The highest BCUT2D eigenvalue weighted by Gasteiger charge is 2.24. The summed E-state index contributed by atoms with van der Waals surface area (Å²) in [4.78, 5) is 0. The molecule has 3 nitrogen and oxygen atoms in total. The van der Waals surface area contributed by atoms with Crippen LogP contribution >= 0.6 is 0 Å². The van der Waals surface area contributed by atoms with Crippen molar-refractivity contribution >= 4 is 0 Å². The second-order valence-electron chi connectivity index (χ2n) is 4.39. The zero-order chi connectivity index (χ0) is 12.0. The van der Waals surface area contributed by atoms with E-state index >= 15 is 0 Å². The maximum Gasteiger partial charge on any atom is 0.0935 e. The monoisotopic (exact) mass is 225 g/mol. The third-order valence-electron chi connectivity index (χ3n) is 2.82. The van der Waals surface area contributed by atoms with E-state index in [1.54, 1.807) is 12.5 Å². The highest BCUT2D eigenvalue weighted by Crippen LogP contribution is 2.15. The molecule has 0 spiro atoms. The molecule has 2 atom stereocenters. The van der Waals surface area contributed by atoms with Gasteiger partial charge in [-0.15, -0.1) is 0 Å². The van der Waals surface area contributed by atoms with Crippen LogP contribution in [0.4, 0.5) is 0 Å². The maximum atomic E-state index is 5.81. The molecule has 1 aromatic heterocycles. The summed E-state index contributed by atoms with van der Waals surface area (Å²) < 4.78 is 10.9. The third kappa shape index (κ3) is 3.65. The Hall–Kier alpha value is -0.800. The molecular formula is C13H23NO2. The SMILES string of the molecule is CCOC(C(C)C)C(Cc1ccoc1)NC. The molecule has 92 valence electrons. The molecule has 1 heterocycles. The molecule has 0 aliphatic rings. The lowest BCUT2D eigenvalue weighted by molar-refractivity contribution is 0.00533. The van der Waals surface area contributed by atoms with E-state index in [2.05, 4.69) is 19.2 Å². The second-order valence-corrected chi connectivity index (χ2v) is 4.39. The lowest BCUT2D eigenvalue weighted by atomic mass is 9.95. The third-order valence-corrected chi connectivity index (χ3v) is 2.82.